The molecule has 1 fully saturated rings. The third kappa shape index (κ3) is 6.18. The monoisotopic (exact) mass is 510 g/mol. The zero-order valence-corrected chi connectivity index (χ0v) is 21.5. The lowest BCUT2D eigenvalue weighted by atomic mass is 10.1. The number of fused-ring (bicyclic) bond motifs is 1. The third-order valence-electron chi connectivity index (χ3n) is 6.44. The predicted octanol–water partition coefficient (Wildman–Crippen LogP) is 5.84. The highest BCUT2D eigenvalue weighted by Gasteiger charge is 2.27. The summed E-state index contributed by atoms with van der Waals surface area (Å²) in [6, 6.07) is 12.6. The van der Waals surface area contributed by atoms with E-state index in [2.05, 4.69) is 26.8 Å². The van der Waals surface area contributed by atoms with Gasteiger partial charge in [0.1, 0.15) is 12.4 Å². The average molecular weight is 511 g/mol. The van der Waals surface area contributed by atoms with Gasteiger partial charge in [-0.1, -0.05) is 24.3 Å². The third-order valence-corrected chi connectivity index (χ3v) is 8.51. The van der Waals surface area contributed by atoms with Crippen LogP contribution in [0.15, 0.2) is 46.1 Å². The first-order valence-electron chi connectivity index (χ1n) is 12.1. The second kappa shape index (κ2) is 11.0. The molecule has 1 atom stereocenters. The average Bonchev–Trinajstić information content (AvgIpc) is 3.45. The largest absolute Gasteiger partial charge is 0.487 e. The molecule has 3 aromatic rings. The molecule has 5 rings (SSSR count). The van der Waals surface area contributed by atoms with Crippen molar-refractivity contribution in [3.05, 3.63) is 69.7 Å². The Kier molecular flexibility index (Phi) is 7.60. The van der Waals surface area contributed by atoms with Gasteiger partial charge in [0, 0.05) is 36.0 Å². The zero-order chi connectivity index (χ0) is 24.2. The van der Waals surface area contributed by atoms with Crippen LogP contribution in [0.2, 0.25) is 0 Å². The molecule has 0 bridgehead atoms. The van der Waals surface area contributed by atoms with Gasteiger partial charge in [-0.15, -0.1) is 11.3 Å². The number of thiazole rings is 1. The summed E-state index contributed by atoms with van der Waals surface area (Å²) < 4.78 is 15.5. The lowest BCUT2D eigenvalue weighted by Crippen LogP contribution is -2.37. The van der Waals surface area contributed by atoms with Crippen molar-refractivity contribution >= 4 is 34.9 Å². The first kappa shape index (κ1) is 24.2. The number of carbonyl (C=O) groups is 1. The molecule has 2 aromatic carbocycles. The minimum absolute atomic E-state index is 0.144. The summed E-state index contributed by atoms with van der Waals surface area (Å²) in [6.45, 7) is 4.10. The fourth-order valence-corrected chi connectivity index (χ4v) is 6.34. The molecule has 1 saturated heterocycles. The number of benzene rings is 2. The van der Waals surface area contributed by atoms with Gasteiger partial charge in [0.2, 0.25) is 0 Å². The van der Waals surface area contributed by atoms with E-state index < -0.39 is 5.97 Å². The van der Waals surface area contributed by atoms with E-state index in [1.807, 2.05) is 31.2 Å². The first-order valence-corrected chi connectivity index (χ1v) is 13.8. The number of carboxylic acids is 1. The molecule has 0 spiro atoms. The van der Waals surface area contributed by atoms with Crippen molar-refractivity contribution in [3.8, 4) is 5.75 Å². The smallest absolute Gasteiger partial charge is 0.303 e. The number of nitrogens with zero attached hydrogens (tertiary/aromatic N) is 2. The lowest BCUT2D eigenvalue weighted by Gasteiger charge is -2.33. The molecule has 1 aliphatic carbocycles. The van der Waals surface area contributed by atoms with Crippen molar-refractivity contribution in [1.29, 1.82) is 0 Å². The van der Waals surface area contributed by atoms with Gasteiger partial charge in [0.05, 0.1) is 18.3 Å². The Morgan fingerprint density at radius 3 is 2.63 bits per heavy atom. The molecule has 0 saturated carbocycles. The number of aryl methyl sites for hydroxylation is 4. The predicted molar refractivity (Wildman–Crippen MR) is 140 cm³/mol. The molecule has 1 aliphatic heterocycles. The van der Waals surface area contributed by atoms with Crippen molar-refractivity contribution in [2.24, 2.45) is 0 Å². The van der Waals surface area contributed by atoms with E-state index in [-0.39, 0.29) is 12.5 Å². The van der Waals surface area contributed by atoms with Crippen LogP contribution in [0.25, 0.3) is 0 Å². The molecule has 2 heterocycles. The van der Waals surface area contributed by atoms with Crippen LogP contribution >= 0.6 is 23.3 Å². The molecule has 1 N–H and O–H groups in total. The van der Waals surface area contributed by atoms with Gasteiger partial charge in [-0.25, -0.2) is 4.98 Å². The van der Waals surface area contributed by atoms with Gasteiger partial charge >= 0.3 is 5.97 Å². The summed E-state index contributed by atoms with van der Waals surface area (Å²) in [5.41, 5.74) is 6.99. The van der Waals surface area contributed by atoms with E-state index in [0.29, 0.717) is 13.0 Å². The Morgan fingerprint density at radius 2 is 1.97 bits per heavy atom. The molecule has 0 radical (unpaired) electrons. The molecule has 8 heteroatoms. The van der Waals surface area contributed by atoms with Crippen molar-refractivity contribution in [3.63, 3.8) is 0 Å². The molecule has 2 aliphatic rings. The molecule has 1 aromatic heterocycles. The molecular weight excluding hydrogens is 480 g/mol. The maximum absolute atomic E-state index is 10.8. The Morgan fingerprint density at radius 1 is 1.23 bits per heavy atom. The number of aliphatic carboxylic acids is 1. The van der Waals surface area contributed by atoms with Gasteiger partial charge in [-0.3, -0.25) is 4.79 Å². The van der Waals surface area contributed by atoms with Gasteiger partial charge in [-0.05, 0) is 73.4 Å². The Hall–Kier alpha value is -2.55. The number of ether oxygens (including phenoxy) is 2. The Balaban J connectivity index is 1.37. The summed E-state index contributed by atoms with van der Waals surface area (Å²) in [4.78, 5) is 15.5. The molecule has 1 unspecified atom stereocenters. The summed E-state index contributed by atoms with van der Waals surface area (Å²) in [5, 5.41) is 11.0. The second-order valence-corrected chi connectivity index (χ2v) is 11.3. The minimum atomic E-state index is -0.774. The first-order chi connectivity index (χ1) is 17.0. The SMILES string of the molecule is Cc1csc(SN(CC2CCO2)c2cc3c(cc2OCc2ccc(CCC(=O)O)cc2)CCC3)n1. The Labute approximate surface area is 214 Å². The number of carboxylic acid groups (broad SMARTS) is 1. The minimum Gasteiger partial charge on any atom is -0.487 e. The molecule has 35 heavy (non-hydrogen) atoms. The van der Waals surface area contributed by atoms with Crippen molar-refractivity contribution in [2.45, 2.75) is 62.5 Å². The lowest BCUT2D eigenvalue weighted by molar-refractivity contribution is -0.136. The highest BCUT2D eigenvalue weighted by Crippen LogP contribution is 2.41. The van der Waals surface area contributed by atoms with Crippen LogP contribution in [0.5, 0.6) is 5.75 Å². The van der Waals surface area contributed by atoms with Gasteiger partial charge < -0.3 is 18.9 Å². The maximum Gasteiger partial charge on any atom is 0.303 e. The van der Waals surface area contributed by atoms with Crippen LogP contribution in [0, 0.1) is 6.92 Å². The zero-order valence-electron chi connectivity index (χ0n) is 19.9. The van der Waals surface area contributed by atoms with E-state index >= 15 is 0 Å². The highest BCUT2D eigenvalue weighted by molar-refractivity contribution is 8.02. The molecule has 184 valence electrons. The number of anilines is 1. The van der Waals surface area contributed by atoms with Crippen molar-refractivity contribution in [2.75, 3.05) is 17.5 Å². The van der Waals surface area contributed by atoms with E-state index in [4.69, 9.17) is 14.6 Å². The molecule has 0 amide bonds. The second-order valence-electron chi connectivity index (χ2n) is 9.13. The molecular formula is C27H30N2O4S2. The number of rotatable bonds is 11. The fourth-order valence-electron chi connectivity index (χ4n) is 4.38. The summed E-state index contributed by atoms with van der Waals surface area (Å²) in [7, 11) is 0. The number of hydrogen-bond acceptors (Lipinski definition) is 7. The van der Waals surface area contributed by atoms with Crippen LogP contribution in [-0.4, -0.2) is 35.3 Å². The standard InChI is InChI=1S/C27H30N2O4S2/c1-18-17-34-27(28-18)35-29(15-23-11-12-32-23)24-13-21-3-2-4-22(21)14-25(24)33-16-20-7-5-19(6-8-20)9-10-26(30)31/h5-8,13-14,17,23H,2-4,9-12,15-16H2,1H3,(H,30,31). The number of hydrogen-bond donors (Lipinski definition) is 1. The highest BCUT2D eigenvalue weighted by atomic mass is 32.2. The van der Waals surface area contributed by atoms with E-state index in [1.54, 1.807) is 23.3 Å². The van der Waals surface area contributed by atoms with Crippen LogP contribution < -0.4 is 9.04 Å². The van der Waals surface area contributed by atoms with Crippen LogP contribution in [0.1, 0.15) is 47.2 Å². The van der Waals surface area contributed by atoms with Crippen LogP contribution in [0.3, 0.4) is 0 Å². The molecule has 6 nitrogen and oxygen atoms in total. The Bertz CT molecular complexity index is 1170. The topological polar surface area (TPSA) is 71.9 Å². The van der Waals surface area contributed by atoms with E-state index in [9.17, 15) is 4.79 Å². The summed E-state index contributed by atoms with van der Waals surface area (Å²) in [5.74, 6) is 0.116. The summed E-state index contributed by atoms with van der Waals surface area (Å²) in [6.07, 6.45) is 5.36. The van der Waals surface area contributed by atoms with Gasteiger partial charge in [-0.2, -0.15) is 0 Å². The van der Waals surface area contributed by atoms with Gasteiger partial charge in [0.25, 0.3) is 0 Å². The van der Waals surface area contributed by atoms with Crippen LogP contribution in [0.4, 0.5) is 5.69 Å². The van der Waals surface area contributed by atoms with Crippen molar-refractivity contribution < 1.29 is 19.4 Å². The van der Waals surface area contributed by atoms with Crippen molar-refractivity contribution in [1.82, 2.24) is 4.98 Å². The maximum atomic E-state index is 10.8. The van der Waals surface area contributed by atoms with Gasteiger partial charge in [0.15, 0.2) is 4.34 Å². The normalized spacial score (nSPS) is 16.5. The number of aromatic nitrogens is 1. The van der Waals surface area contributed by atoms with E-state index in [1.165, 1.54) is 17.5 Å². The summed E-state index contributed by atoms with van der Waals surface area (Å²) >= 11 is 3.33. The quantitative estimate of drug-likeness (QED) is 0.325. The fraction of sp³-hybridized carbons (Fsp3) is 0.407. The van der Waals surface area contributed by atoms with E-state index in [0.717, 1.165) is 65.0 Å². The van der Waals surface area contributed by atoms with Crippen LogP contribution in [-0.2, 0) is 35.4 Å².